The third kappa shape index (κ3) is 3.77. The van der Waals surface area contributed by atoms with E-state index in [-0.39, 0.29) is 16.9 Å². The highest BCUT2D eigenvalue weighted by atomic mass is 35.5. The number of epoxide rings is 1. The lowest BCUT2D eigenvalue weighted by atomic mass is 9.71. The van der Waals surface area contributed by atoms with Crippen LogP contribution in [-0.2, 0) is 4.74 Å². The van der Waals surface area contributed by atoms with Crippen LogP contribution in [0.5, 0.6) is 0 Å². The van der Waals surface area contributed by atoms with Crippen LogP contribution in [0.4, 0.5) is 4.39 Å². The molecule has 0 spiro atoms. The van der Waals surface area contributed by atoms with E-state index in [9.17, 15) is 4.39 Å². The lowest BCUT2D eigenvalue weighted by Gasteiger charge is -2.35. The van der Waals surface area contributed by atoms with E-state index in [4.69, 9.17) is 16.3 Å². The predicted molar refractivity (Wildman–Crippen MR) is 106 cm³/mol. The smallest absolute Gasteiger partial charge is 0.149 e. The Balaban J connectivity index is 1.41. The summed E-state index contributed by atoms with van der Waals surface area (Å²) in [6.45, 7) is 2.77. The number of hydrogen-bond acceptors (Lipinski definition) is 1. The molecule has 2 aliphatic carbocycles. The van der Waals surface area contributed by atoms with Crippen LogP contribution in [0.25, 0.3) is 5.57 Å². The van der Waals surface area contributed by atoms with Crippen LogP contribution in [0.1, 0.15) is 69.1 Å². The molecule has 1 saturated carbocycles. The van der Waals surface area contributed by atoms with Crippen molar-refractivity contribution < 1.29 is 9.13 Å². The standard InChI is InChI=1S/C23H28ClFO/c1-2-3-15-4-6-16(7-5-15)17-8-10-18(11-9-17)19-12-13-20(21-14-26-21)22(24)23(19)25/h2-3,10,12-13,15-17,21H,4-9,11,14H2,1H3/b3-2+. The van der Waals surface area contributed by atoms with E-state index in [0.29, 0.717) is 12.2 Å². The Bertz CT molecular complexity index is 711. The Morgan fingerprint density at radius 3 is 2.50 bits per heavy atom. The average molecular weight is 375 g/mol. The monoisotopic (exact) mass is 374 g/mol. The van der Waals surface area contributed by atoms with Gasteiger partial charge in [-0.05, 0) is 75.2 Å². The minimum absolute atomic E-state index is 0.00607. The Morgan fingerprint density at radius 2 is 1.88 bits per heavy atom. The highest BCUT2D eigenvalue weighted by molar-refractivity contribution is 6.31. The molecule has 2 fully saturated rings. The molecule has 0 N–H and O–H groups in total. The van der Waals surface area contributed by atoms with Gasteiger partial charge >= 0.3 is 0 Å². The van der Waals surface area contributed by atoms with Crippen molar-refractivity contribution in [3.05, 3.63) is 52.3 Å². The summed E-state index contributed by atoms with van der Waals surface area (Å²) in [6.07, 6.45) is 15.4. The molecule has 1 nitrogen and oxygen atoms in total. The van der Waals surface area contributed by atoms with Gasteiger partial charge in [-0.25, -0.2) is 4.39 Å². The molecule has 0 amide bonds. The molecule has 0 bridgehead atoms. The number of ether oxygens (including phenoxy) is 1. The molecule has 2 atom stereocenters. The van der Waals surface area contributed by atoms with Crippen LogP contribution in [0, 0.1) is 23.6 Å². The summed E-state index contributed by atoms with van der Waals surface area (Å²) in [4.78, 5) is 0. The van der Waals surface area contributed by atoms with Gasteiger partial charge in [0.2, 0.25) is 0 Å². The zero-order valence-electron chi connectivity index (χ0n) is 15.5. The summed E-state index contributed by atoms with van der Waals surface area (Å²) in [6, 6.07) is 3.83. The molecule has 2 unspecified atom stereocenters. The minimum atomic E-state index is -0.267. The molecule has 140 valence electrons. The highest BCUT2D eigenvalue weighted by Crippen LogP contribution is 2.43. The second kappa shape index (κ2) is 7.86. The summed E-state index contributed by atoms with van der Waals surface area (Å²) in [5.74, 6) is 2.13. The van der Waals surface area contributed by atoms with Crippen molar-refractivity contribution in [2.75, 3.05) is 6.61 Å². The van der Waals surface area contributed by atoms with E-state index in [0.717, 1.165) is 41.7 Å². The first-order valence-electron chi connectivity index (χ1n) is 10.1. The van der Waals surface area contributed by atoms with Gasteiger partial charge in [0.05, 0.1) is 11.6 Å². The van der Waals surface area contributed by atoms with Crippen molar-refractivity contribution in [2.45, 2.75) is 58.0 Å². The van der Waals surface area contributed by atoms with Crippen LogP contribution in [0.2, 0.25) is 5.02 Å². The summed E-state index contributed by atoms with van der Waals surface area (Å²) < 4.78 is 20.0. The molecule has 1 heterocycles. The van der Waals surface area contributed by atoms with Gasteiger partial charge < -0.3 is 4.74 Å². The Labute approximate surface area is 161 Å². The second-order valence-electron chi connectivity index (χ2n) is 8.12. The molecule has 1 aliphatic heterocycles. The van der Waals surface area contributed by atoms with Gasteiger partial charge in [0.25, 0.3) is 0 Å². The number of benzene rings is 1. The van der Waals surface area contributed by atoms with Gasteiger partial charge in [0, 0.05) is 11.1 Å². The lowest BCUT2D eigenvalue weighted by Crippen LogP contribution is -2.22. The maximum absolute atomic E-state index is 14.8. The molecule has 1 aromatic carbocycles. The quantitative estimate of drug-likeness (QED) is 0.403. The Kier molecular flexibility index (Phi) is 5.52. The first-order chi connectivity index (χ1) is 12.7. The first kappa shape index (κ1) is 18.3. The molecule has 1 aromatic rings. The molecular weight excluding hydrogens is 347 g/mol. The van der Waals surface area contributed by atoms with Crippen LogP contribution < -0.4 is 0 Å². The fourth-order valence-electron chi connectivity index (χ4n) is 4.90. The minimum Gasteiger partial charge on any atom is -0.368 e. The van der Waals surface area contributed by atoms with Gasteiger partial charge in [-0.2, -0.15) is 0 Å². The van der Waals surface area contributed by atoms with Crippen molar-refractivity contribution in [2.24, 2.45) is 17.8 Å². The van der Waals surface area contributed by atoms with Crippen LogP contribution in [0.3, 0.4) is 0 Å². The molecule has 1 saturated heterocycles. The maximum atomic E-state index is 14.8. The molecule has 0 aromatic heterocycles. The van der Waals surface area contributed by atoms with E-state index in [1.807, 2.05) is 12.1 Å². The summed E-state index contributed by atoms with van der Waals surface area (Å²) in [5, 5.41) is 0.246. The van der Waals surface area contributed by atoms with E-state index < -0.39 is 0 Å². The molecular formula is C23H28ClFO. The summed E-state index contributed by atoms with van der Waals surface area (Å²) in [5.41, 5.74) is 2.61. The van der Waals surface area contributed by atoms with E-state index in [1.165, 1.54) is 32.1 Å². The van der Waals surface area contributed by atoms with Gasteiger partial charge in [0.1, 0.15) is 11.9 Å². The molecule has 0 radical (unpaired) electrons. The van der Waals surface area contributed by atoms with Crippen LogP contribution >= 0.6 is 11.6 Å². The zero-order valence-corrected chi connectivity index (χ0v) is 16.3. The summed E-state index contributed by atoms with van der Waals surface area (Å²) >= 11 is 6.25. The van der Waals surface area contributed by atoms with Gasteiger partial charge in [-0.1, -0.05) is 42.0 Å². The van der Waals surface area contributed by atoms with Crippen molar-refractivity contribution in [1.29, 1.82) is 0 Å². The zero-order chi connectivity index (χ0) is 18.1. The van der Waals surface area contributed by atoms with E-state index in [1.54, 1.807) is 0 Å². The number of allylic oxidation sites excluding steroid dienone is 4. The topological polar surface area (TPSA) is 12.5 Å². The van der Waals surface area contributed by atoms with Crippen molar-refractivity contribution in [3.8, 4) is 0 Å². The number of hydrogen-bond donors (Lipinski definition) is 0. The fraction of sp³-hybridized carbons (Fsp3) is 0.565. The van der Waals surface area contributed by atoms with Crippen molar-refractivity contribution in [3.63, 3.8) is 0 Å². The normalized spacial score (nSPS) is 31.9. The third-order valence-corrected chi connectivity index (χ3v) is 6.92. The van der Waals surface area contributed by atoms with Crippen LogP contribution in [0.15, 0.2) is 30.4 Å². The molecule has 26 heavy (non-hydrogen) atoms. The van der Waals surface area contributed by atoms with E-state index in [2.05, 4.69) is 25.2 Å². The molecule has 4 rings (SSSR count). The average Bonchev–Trinajstić information content (AvgIpc) is 3.50. The fourth-order valence-corrected chi connectivity index (χ4v) is 5.18. The highest BCUT2D eigenvalue weighted by Gasteiger charge is 2.31. The Hall–Kier alpha value is -1.12. The van der Waals surface area contributed by atoms with E-state index >= 15 is 0 Å². The molecule has 3 aliphatic rings. The number of halogens is 2. The third-order valence-electron chi connectivity index (χ3n) is 6.54. The summed E-state index contributed by atoms with van der Waals surface area (Å²) in [7, 11) is 0. The van der Waals surface area contributed by atoms with Crippen molar-refractivity contribution in [1.82, 2.24) is 0 Å². The van der Waals surface area contributed by atoms with Crippen LogP contribution in [-0.4, -0.2) is 6.61 Å². The van der Waals surface area contributed by atoms with Gasteiger partial charge in [-0.15, -0.1) is 0 Å². The second-order valence-corrected chi connectivity index (χ2v) is 8.49. The number of rotatable bonds is 4. The Morgan fingerprint density at radius 1 is 1.12 bits per heavy atom. The largest absolute Gasteiger partial charge is 0.368 e. The lowest BCUT2D eigenvalue weighted by molar-refractivity contribution is 0.212. The maximum Gasteiger partial charge on any atom is 0.149 e. The SMILES string of the molecule is C/C=C/C1CCC(C2CC=C(c3ccc(C4CO4)c(Cl)c3F)CC2)CC1. The van der Waals surface area contributed by atoms with Gasteiger partial charge in [0.15, 0.2) is 0 Å². The van der Waals surface area contributed by atoms with Gasteiger partial charge in [-0.3, -0.25) is 0 Å². The predicted octanol–water partition coefficient (Wildman–Crippen LogP) is 7.12. The molecule has 3 heteroatoms. The first-order valence-corrected chi connectivity index (χ1v) is 10.5. The van der Waals surface area contributed by atoms with Crippen molar-refractivity contribution >= 4 is 17.2 Å².